The molecule has 0 heterocycles. The number of hydrogen-bond donors (Lipinski definition) is 1. The topological polar surface area (TPSA) is 26.0 Å². The fraction of sp³-hybridized carbons (Fsp3) is 0.385. The third kappa shape index (κ3) is 2.24. The molecule has 0 bridgehead atoms. The molecule has 1 aromatic rings. The molecule has 0 saturated heterocycles. The second-order valence-electron chi connectivity index (χ2n) is 3.98. The van der Waals surface area contributed by atoms with E-state index in [0.29, 0.717) is 6.04 Å². The summed E-state index contributed by atoms with van der Waals surface area (Å²) in [5.74, 6) is 0. The molecule has 2 N–H and O–H groups in total. The van der Waals surface area contributed by atoms with E-state index < -0.39 is 0 Å². The molecule has 1 heteroatoms. The van der Waals surface area contributed by atoms with Gasteiger partial charge in [-0.15, -0.1) is 0 Å². The summed E-state index contributed by atoms with van der Waals surface area (Å²) in [6.07, 6.45) is 6.96. The summed E-state index contributed by atoms with van der Waals surface area (Å²) in [4.78, 5) is 0. The van der Waals surface area contributed by atoms with E-state index in [4.69, 9.17) is 5.73 Å². The molecule has 0 aromatic heterocycles. The lowest BCUT2D eigenvalue weighted by atomic mass is 9.90. The van der Waals surface area contributed by atoms with Gasteiger partial charge in [0.2, 0.25) is 0 Å². The van der Waals surface area contributed by atoms with E-state index in [-0.39, 0.29) is 0 Å². The van der Waals surface area contributed by atoms with E-state index in [0.717, 1.165) is 12.8 Å². The fourth-order valence-corrected chi connectivity index (χ4v) is 2.00. The molecule has 1 aliphatic carbocycles. The van der Waals surface area contributed by atoms with Gasteiger partial charge in [-0.1, -0.05) is 42.0 Å². The van der Waals surface area contributed by atoms with Crippen LogP contribution in [0.3, 0.4) is 0 Å². The van der Waals surface area contributed by atoms with Gasteiger partial charge >= 0.3 is 0 Å². The summed E-state index contributed by atoms with van der Waals surface area (Å²) in [5.41, 5.74) is 8.85. The van der Waals surface area contributed by atoms with Crippen LogP contribution in [-0.4, -0.2) is 6.04 Å². The second-order valence-corrected chi connectivity index (χ2v) is 3.98. The van der Waals surface area contributed by atoms with Crippen molar-refractivity contribution in [3.63, 3.8) is 0 Å². The van der Waals surface area contributed by atoms with Crippen molar-refractivity contribution in [2.45, 2.75) is 31.7 Å². The minimum absolute atomic E-state index is 0.295. The van der Waals surface area contributed by atoms with Gasteiger partial charge in [0.05, 0.1) is 0 Å². The molecule has 0 amide bonds. The summed E-state index contributed by atoms with van der Waals surface area (Å²) >= 11 is 0. The Balaban J connectivity index is 2.07. The van der Waals surface area contributed by atoms with Crippen LogP contribution in [0.4, 0.5) is 0 Å². The second kappa shape index (κ2) is 4.43. The first kappa shape index (κ1) is 9.47. The standard InChI is InChI=1S/C13H17N/c14-13-9-5-4-8-12(13)10-11-6-2-1-3-7-11/h1-3,6-8,13H,4-5,9-10,14H2. The highest BCUT2D eigenvalue weighted by Crippen LogP contribution is 2.20. The van der Waals surface area contributed by atoms with Crippen molar-refractivity contribution in [1.82, 2.24) is 0 Å². The van der Waals surface area contributed by atoms with Gasteiger partial charge in [-0.3, -0.25) is 0 Å². The van der Waals surface area contributed by atoms with Crippen molar-refractivity contribution in [3.8, 4) is 0 Å². The zero-order valence-electron chi connectivity index (χ0n) is 8.45. The molecular weight excluding hydrogens is 170 g/mol. The molecule has 1 atom stereocenters. The Morgan fingerprint density at radius 3 is 2.71 bits per heavy atom. The van der Waals surface area contributed by atoms with Crippen LogP contribution in [0, 0.1) is 0 Å². The SMILES string of the molecule is NC1CCCC=C1Cc1ccccc1. The van der Waals surface area contributed by atoms with Crippen molar-refractivity contribution < 1.29 is 0 Å². The van der Waals surface area contributed by atoms with Crippen LogP contribution in [0.5, 0.6) is 0 Å². The van der Waals surface area contributed by atoms with Gasteiger partial charge in [-0.2, -0.15) is 0 Å². The quantitative estimate of drug-likeness (QED) is 0.708. The molecule has 0 fully saturated rings. The van der Waals surface area contributed by atoms with E-state index in [9.17, 15) is 0 Å². The van der Waals surface area contributed by atoms with Crippen LogP contribution in [0.25, 0.3) is 0 Å². The third-order valence-corrected chi connectivity index (χ3v) is 2.85. The number of nitrogens with two attached hydrogens (primary N) is 1. The highest BCUT2D eigenvalue weighted by Gasteiger charge is 2.12. The lowest BCUT2D eigenvalue weighted by Gasteiger charge is -2.20. The smallest absolute Gasteiger partial charge is 0.0256 e. The Kier molecular flexibility index (Phi) is 3.00. The van der Waals surface area contributed by atoms with Gasteiger partial charge in [0.15, 0.2) is 0 Å². The molecule has 0 aliphatic heterocycles. The molecule has 0 saturated carbocycles. The average molecular weight is 187 g/mol. The first-order chi connectivity index (χ1) is 6.86. The monoisotopic (exact) mass is 187 g/mol. The average Bonchev–Trinajstić information content (AvgIpc) is 2.23. The maximum absolute atomic E-state index is 6.06. The summed E-state index contributed by atoms with van der Waals surface area (Å²) in [6.45, 7) is 0. The van der Waals surface area contributed by atoms with Gasteiger partial charge in [0, 0.05) is 6.04 Å². The summed E-state index contributed by atoms with van der Waals surface area (Å²) in [6, 6.07) is 10.9. The largest absolute Gasteiger partial charge is 0.324 e. The molecule has 0 spiro atoms. The van der Waals surface area contributed by atoms with E-state index in [1.807, 2.05) is 0 Å². The molecule has 74 valence electrons. The highest BCUT2D eigenvalue weighted by atomic mass is 14.6. The van der Waals surface area contributed by atoms with Crippen LogP contribution in [0.15, 0.2) is 42.0 Å². The molecule has 2 rings (SSSR count). The van der Waals surface area contributed by atoms with E-state index >= 15 is 0 Å². The lowest BCUT2D eigenvalue weighted by molar-refractivity contribution is 0.603. The molecule has 0 radical (unpaired) electrons. The van der Waals surface area contributed by atoms with Crippen molar-refractivity contribution in [2.24, 2.45) is 5.73 Å². The third-order valence-electron chi connectivity index (χ3n) is 2.85. The predicted molar refractivity (Wildman–Crippen MR) is 60.1 cm³/mol. The van der Waals surface area contributed by atoms with Crippen molar-refractivity contribution in [2.75, 3.05) is 0 Å². The molecule has 14 heavy (non-hydrogen) atoms. The number of hydrogen-bond acceptors (Lipinski definition) is 1. The van der Waals surface area contributed by atoms with Gasteiger partial charge in [-0.05, 0) is 31.2 Å². The maximum Gasteiger partial charge on any atom is 0.0256 e. The summed E-state index contributed by atoms with van der Waals surface area (Å²) < 4.78 is 0. The first-order valence-electron chi connectivity index (χ1n) is 5.34. The van der Waals surface area contributed by atoms with E-state index in [1.165, 1.54) is 24.0 Å². The number of rotatable bonds is 2. The summed E-state index contributed by atoms with van der Waals surface area (Å²) in [5, 5.41) is 0. The predicted octanol–water partition coefficient (Wildman–Crippen LogP) is 2.67. The zero-order valence-corrected chi connectivity index (χ0v) is 8.45. The van der Waals surface area contributed by atoms with Crippen LogP contribution in [-0.2, 0) is 6.42 Å². The molecule has 1 aromatic carbocycles. The molecule has 1 unspecified atom stereocenters. The normalized spacial score (nSPS) is 21.8. The zero-order chi connectivity index (χ0) is 9.80. The van der Waals surface area contributed by atoms with Gasteiger partial charge < -0.3 is 5.73 Å². The van der Waals surface area contributed by atoms with Crippen molar-refractivity contribution in [3.05, 3.63) is 47.5 Å². The van der Waals surface area contributed by atoms with Gasteiger partial charge in [0.1, 0.15) is 0 Å². The van der Waals surface area contributed by atoms with E-state index in [2.05, 4.69) is 36.4 Å². The van der Waals surface area contributed by atoms with Crippen LogP contribution in [0.1, 0.15) is 24.8 Å². The van der Waals surface area contributed by atoms with Crippen molar-refractivity contribution >= 4 is 0 Å². The highest BCUT2D eigenvalue weighted by molar-refractivity contribution is 5.25. The number of benzene rings is 1. The molecular formula is C13H17N. The van der Waals surface area contributed by atoms with Crippen LogP contribution < -0.4 is 5.73 Å². The minimum atomic E-state index is 0.295. The maximum atomic E-state index is 6.06. The molecule has 1 aliphatic rings. The summed E-state index contributed by atoms with van der Waals surface area (Å²) in [7, 11) is 0. The van der Waals surface area contributed by atoms with Gasteiger partial charge in [-0.25, -0.2) is 0 Å². The van der Waals surface area contributed by atoms with Crippen LogP contribution in [0.2, 0.25) is 0 Å². The Hall–Kier alpha value is -1.08. The Morgan fingerprint density at radius 1 is 1.21 bits per heavy atom. The minimum Gasteiger partial charge on any atom is -0.324 e. The molecule has 1 nitrogen and oxygen atoms in total. The van der Waals surface area contributed by atoms with Gasteiger partial charge in [0.25, 0.3) is 0 Å². The fourth-order valence-electron chi connectivity index (χ4n) is 2.00. The first-order valence-corrected chi connectivity index (χ1v) is 5.34. The van der Waals surface area contributed by atoms with E-state index in [1.54, 1.807) is 0 Å². The Morgan fingerprint density at radius 2 is 2.00 bits per heavy atom. The lowest BCUT2D eigenvalue weighted by Crippen LogP contribution is -2.25. The van der Waals surface area contributed by atoms with Crippen molar-refractivity contribution in [1.29, 1.82) is 0 Å². The Labute approximate surface area is 85.6 Å². The van der Waals surface area contributed by atoms with Crippen LogP contribution >= 0.6 is 0 Å². The Bertz CT molecular complexity index is 313. The number of allylic oxidation sites excluding steroid dienone is 1.